The molecule has 5 nitrogen and oxygen atoms in total. The number of carbonyl (C=O) groups is 1. The van der Waals surface area contributed by atoms with Crippen molar-refractivity contribution < 1.29 is 36.1 Å². The Morgan fingerprint density at radius 3 is 1.81 bits per heavy atom. The molecular formula is C10H6F6N2O3. The van der Waals surface area contributed by atoms with Crippen molar-refractivity contribution in [1.29, 1.82) is 0 Å². The van der Waals surface area contributed by atoms with Gasteiger partial charge in [-0.3, -0.25) is 14.9 Å². The third-order valence-corrected chi connectivity index (χ3v) is 2.14. The number of anilines is 1. The van der Waals surface area contributed by atoms with Gasteiger partial charge in [-0.15, -0.1) is 0 Å². The van der Waals surface area contributed by atoms with E-state index in [1.54, 1.807) is 5.32 Å². The first-order valence-electron chi connectivity index (χ1n) is 5.10. The van der Waals surface area contributed by atoms with Crippen LogP contribution in [0.5, 0.6) is 0 Å². The minimum absolute atomic E-state index is 0.122. The Morgan fingerprint density at radius 1 is 1.05 bits per heavy atom. The monoisotopic (exact) mass is 316 g/mol. The molecule has 116 valence electrons. The summed E-state index contributed by atoms with van der Waals surface area (Å²) in [4.78, 5) is 20.0. The summed E-state index contributed by atoms with van der Waals surface area (Å²) in [6.07, 6.45) is -10.1. The summed E-state index contributed by atoms with van der Waals surface area (Å²) in [5.74, 6) is -1.34. The maximum absolute atomic E-state index is 12.5. The van der Waals surface area contributed by atoms with Gasteiger partial charge in [0.15, 0.2) is 0 Å². The third-order valence-electron chi connectivity index (χ3n) is 2.14. The predicted molar refractivity (Wildman–Crippen MR) is 56.9 cm³/mol. The molecule has 0 fully saturated rings. The van der Waals surface area contributed by atoms with Gasteiger partial charge in [0.2, 0.25) is 0 Å². The lowest BCUT2D eigenvalue weighted by molar-refractivity contribution is -0.467. The van der Waals surface area contributed by atoms with Crippen molar-refractivity contribution in [1.82, 2.24) is 0 Å². The molecule has 11 heteroatoms. The number of benzene rings is 1. The Balaban J connectivity index is 3.20. The van der Waals surface area contributed by atoms with Gasteiger partial charge in [-0.05, 0) is 18.2 Å². The van der Waals surface area contributed by atoms with Crippen LogP contribution in [0.15, 0.2) is 18.2 Å². The normalized spacial score (nSPS) is 12.1. The zero-order valence-electron chi connectivity index (χ0n) is 9.88. The molecule has 0 saturated heterocycles. The number of rotatable bonds is 3. The fourth-order valence-electron chi connectivity index (χ4n) is 1.34. The quantitative estimate of drug-likeness (QED) is 0.529. The second-order valence-electron chi connectivity index (χ2n) is 3.83. The van der Waals surface area contributed by atoms with Gasteiger partial charge in [-0.2, -0.15) is 26.3 Å². The van der Waals surface area contributed by atoms with E-state index in [0.29, 0.717) is 0 Å². The van der Waals surface area contributed by atoms with E-state index < -0.39 is 46.5 Å². The van der Waals surface area contributed by atoms with Gasteiger partial charge < -0.3 is 5.32 Å². The molecule has 0 aliphatic carbocycles. The van der Waals surface area contributed by atoms with Crippen LogP contribution in [0.4, 0.5) is 32.0 Å². The maximum atomic E-state index is 12.5. The standard InChI is InChI=1S/C10H6F6N2O3/c11-9(12,13)5-1-6(10(14,15)16)3-7(2-5)17-8(19)4-18(20)21/h1-3H,4H2,(H,17,19). The van der Waals surface area contributed by atoms with E-state index in [9.17, 15) is 41.3 Å². The van der Waals surface area contributed by atoms with Crippen LogP contribution in [-0.2, 0) is 17.1 Å². The summed E-state index contributed by atoms with van der Waals surface area (Å²) in [6, 6.07) is 0.392. The fourth-order valence-corrected chi connectivity index (χ4v) is 1.34. The van der Waals surface area contributed by atoms with Gasteiger partial charge in [0, 0.05) is 10.6 Å². The van der Waals surface area contributed by atoms with Crippen molar-refractivity contribution in [2.24, 2.45) is 0 Å². The fraction of sp³-hybridized carbons (Fsp3) is 0.300. The van der Waals surface area contributed by atoms with Gasteiger partial charge in [0.05, 0.1) is 11.1 Å². The summed E-state index contributed by atoms with van der Waals surface area (Å²) in [5.41, 5.74) is -4.09. The van der Waals surface area contributed by atoms with Crippen LogP contribution in [0, 0.1) is 10.1 Å². The van der Waals surface area contributed by atoms with Crippen molar-refractivity contribution in [2.45, 2.75) is 12.4 Å². The zero-order chi connectivity index (χ0) is 16.4. The van der Waals surface area contributed by atoms with Crippen LogP contribution in [0.2, 0.25) is 0 Å². The van der Waals surface area contributed by atoms with E-state index in [-0.39, 0.29) is 18.2 Å². The van der Waals surface area contributed by atoms with Crippen LogP contribution >= 0.6 is 0 Å². The van der Waals surface area contributed by atoms with E-state index in [1.807, 2.05) is 0 Å². The molecule has 0 heterocycles. The van der Waals surface area contributed by atoms with Gasteiger partial charge in [0.1, 0.15) is 0 Å². The summed E-state index contributed by atoms with van der Waals surface area (Å²) >= 11 is 0. The molecule has 0 bridgehead atoms. The Labute approximate surface area is 112 Å². The number of amides is 1. The number of nitrogens with one attached hydrogen (secondary N) is 1. The molecule has 1 aromatic carbocycles. The highest BCUT2D eigenvalue weighted by molar-refractivity contribution is 5.91. The SMILES string of the molecule is O=C(C[N+](=O)[O-])Nc1cc(C(F)(F)F)cc(C(F)(F)F)c1. The highest BCUT2D eigenvalue weighted by Gasteiger charge is 2.37. The number of nitrogens with zero attached hydrogens (tertiary/aromatic N) is 1. The average molecular weight is 316 g/mol. The molecule has 0 radical (unpaired) electrons. The maximum Gasteiger partial charge on any atom is 0.416 e. The first-order valence-corrected chi connectivity index (χ1v) is 5.10. The Kier molecular flexibility index (Phi) is 4.44. The molecule has 0 saturated carbocycles. The molecular weight excluding hydrogens is 310 g/mol. The molecule has 1 rings (SSSR count). The molecule has 0 unspecified atom stereocenters. The topological polar surface area (TPSA) is 72.2 Å². The number of hydrogen-bond acceptors (Lipinski definition) is 3. The summed E-state index contributed by atoms with van der Waals surface area (Å²) in [5, 5.41) is 11.7. The van der Waals surface area contributed by atoms with E-state index in [0.717, 1.165) is 0 Å². The van der Waals surface area contributed by atoms with E-state index in [1.165, 1.54) is 0 Å². The average Bonchev–Trinajstić information content (AvgIpc) is 2.24. The second kappa shape index (κ2) is 5.58. The largest absolute Gasteiger partial charge is 0.416 e. The lowest BCUT2D eigenvalue weighted by atomic mass is 10.1. The molecule has 0 atom stereocenters. The Morgan fingerprint density at radius 2 is 1.48 bits per heavy atom. The summed E-state index contributed by atoms with van der Waals surface area (Å²) in [6.45, 7) is -1.28. The highest BCUT2D eigenvalue weighted by atomic mass is 19.4. The molecule has 0 aromatic heterocycles. The molecule has 1 aromatic rings. The van der Waals surface area contributed by atoms with Gasteiger partial charge >= 0.3 is 12.4 Å². The van der Waals surface area contributed by atoms with Gasteiger partial charge in [0.25, 0.3) is 12.5 Å². The Hall–Kier alpha value is -2.33. The lowest BCUT2D eigenvalue weighted by Crippen LogP contribution is -2.22. The van der Waals surface area contributed by atoms with Crippen LogP contribution in [0.1, 0.15) is 11.1 Å². The molecule has 0 aliphatic rings. The van der Waals surface area contributed by atoms with Crippen molar-refractivity contribution in [2.75, 3.05) is 11.9 Å². The number of nitro groups is 1. The predicted octanol–water partition coefficient (Wildman–Crippen LogP) is 2.94. The Bertz CT molecular complexity index is 535. The third kappa shape index (κ3) is 4.93. The van der Waals surface area contributed by atoms with Crippen molar-refractivity contribution in [3.05, 3.63) is 39.4 Å². The van der Waals surface area contributed by atoms with Gasteiger partial charge in [-0.1, -0.05) is 0 Å². The minimum atomic E-state index is -5.07. The van der Waals surface area contributed by atoms with Crippen molar-refractivity contribution in [3.63, 3.8) is 0 Å². The van der Waals surface area contributed by atoms with Gasteiger partial charge in [-0.25, -0.2) is 0 Å². The minimum Gasteiger partial charge on any atom is -0.320 e. The summed E-state index contributed by atoms with van der Waals surface area (Å²) < 4.78 is 75.0. The molecule has 0 aliphatic heterocycles. The molecule has 21 heavy (non-hydrogen) atoms. The molecule has 1 amide bonds. The number of hydrogen-bond donors (Lipinski definition) is 1. The molecule has 0 spiro atoms. The first-order chi connectivity index (χ1) is 9.39. The number of carbonyl (C=O) groups excluding carboxylic acids is 1. The molecule has 1 N–H and O–H groups in total. The van der Waals surface area contributed by atoms with E-state index in [4.69, 9.17) is 0 Å². The second-order valence-corrected chi connectivity index (χ2v) is 3.83. The first kappa shape index (κ1) is 16.7. The summed E-state index contributed by atoms with van der Waals surface area (Å²) in [7, 11) is 0. The lowest BCUT2D eigenvalue weighted by Gasteiger charge is -2.14. The number of halogens is 6. The van der Waals surface area contributed by atoms with Crippen LogP contribution in [0.3, 0.4) is 0 Å². The smallest absolute Gasteiger partial charge is 0.320 e. The highest BCUT2D eigenvalue weighted by Crippen LogP contribution is 2.37. The zero-order valence-corrected chi connectivity index (χ0v) is 9.88. The van der Waals surface area contributed by atoms with Crippen molar-refractivity contribution in [3.8, 4) is 0 Å². The van der Waals surface area contributed by atoms with Crippen LogP contribution in [-0.4, -0.2) is 17.4 Å². The number of alkyl halides is 6. The van der Waals surface area contributed by atoms with Crippen LogP contribution < -0.4 is 5.32 Å². The van der Waals surface area contributed by atoms with E-state index in [2.05, 4.69) is 0 Å². The van der Waals surface area contributed by atoms with E-state index >= 15 is 0 Å². The van der Waals surface area contributed by atoms with Crippen LogP contribution in [0.25, 0.3) is 0 Å². The van der Waals surface area contributed by atoms with Crippen molar-refractivity contribution >= 4 is 11.6 Å².